The van der Waals surface area contributed by atoms with Crippen molar-refractivity contribution < 1.29 is 4.42 Å². The van der Waals surface area contributed by atoms with Crippen LogP contribution < -0.4 is 4.90 Å². The van der Waals surface area contributed by atoms with E-state index in [9.17, 15) is 0 Å². The summed E-state index contributed by atoms with van der Waals surface area (Å²) in [5.74, 6) is 0. The molecule has 254 valence electrons. The first-order valence-corrected chi connectivity index (χ1v) is 18.4. The van der Waals surface area contributed by atoms with Gasteiger partial charge in [-0.1, -0.05) is 164 Å². The van der Waals surface area contributed by atoms with Gasteiger partial charge in [-0.3, -0.25) is 0 Å². The number of nitrogens with zero attached hydrogens (tertiary/aromatic N) is 1. The average Bonchev–Trinajstić information content (AvgIpc) is 3.65. The highest BCUT2D eigenvalue weighted by molar-refractivity contribution is 6.24. The van der Waals surface area contributed by atoms with Gasteiger partial charge in [0.1, 0.15) is 11.2 Å². The topological polar surface area (TPSA) is 16.4 Å². The second kappa shape index (κ2) is 13.4. The van der Waals surface area contributed by atoms with E-state index in [1.165, 1.54) is 44.2 Å². The van der Waals surface area contributed by atoms with Crippen LogP contribution in [0.2, 0.25) is 0 Å². The molecule has 2 nitrogen and oxygen atoms in total. The number of anilines is 3. The summed E-state index contributed by atoms with van der Waals surface area (Å²) in [5, 5.41) is 4.71. The monoisotopic (exact) mass is 689 g/mol. The first-order valence-electron chi connectivity index (χ1n) is 18.4. The number of hydrogen-bond donors (Lipinski definition) is 0. The first kappa shape index (κ1) is 31.6. The summed E-state index contributed by atoms with van der Waals surface area (Å²) in [5.41, 5.74) is 14.6. The van der Waals surface area contributed by atoms with Gasteiger partial charge in [-0.2, -0.15) is 0 Å². The Morgan fingerprint density at radius 2 is 0.685 bits per heavy atom. The maximum atomic E-state index is 6.52. The fourth-order valence-electron chi connectivity index (χ4n) is 7.89. The van der Waals surface area contributed by atoms with Gasteiger partial charge in [-0.25, -0.2) is 0 Å². The van der Waals surface area contributed by atoms with Crippen molar-refractivity contribution in [3.05, 3.63) is 212 Å². The van der Waals surface area contributed by atoms with Crippen molar-refractivity contribution in [2.75, 3.05) is 4.90 Å². The molecule has 9 aromatic carbocycles. The van der Waals surface area contributed by atoms with Crippen molar-refractivity contribution in [1.82, 2.24) is 0 Å². The molecule has 10 aromatic rings. The molecule has 10 rings (SSSR count). The molecule has 2 heteroatoms. The summed E-state index contributed by atoms with van der Waals surface area (Å²) in [7, 11) is 0. The Kier molecular flexibility index (Phi) is 7.85. The summed E-state index contributed by atoms with van der Waals surface area (Å²) >= 11 is 0. The lowest BCUT2D eigenvalue weighted by atomic mass is 9.93. The highest BCUT2D eigenvalue weighted by atomic mass is 16.3. The number of fused-ring (bicyclic) bond motifs is 5. The highest BCUT2D eigenvalue weighted by Gasteiger charge is 2.18. The molecule has 0 spiro atoms. The van der Waals surface area contributed by atoms with E-state index in [1.54, 1.807) is 0 Å². The van der Waals surface area contributed by atoms with Crippen LogP contribution in [0.4, 0.5) is 17.1 Å². The number of hydrogen-bond acceptors (Lipinski definition) is 2. The molecule has 0 fully saturated rings. The highest BCUT2D eigenvalue weighted by Crippen LogP contribution is 2.43. The molecule has 1 heterocycles. The fraction of sp³-hybridized carbons (Fsp3) is 0. The van der Waals surface area contributed by atoms with Crippen molar-refractivity contribution in [1.29, 1.82) is 0 Å². The molecule has 0 aliphatic heterocycles. The average molecular weight is 690 g/mol. The van der Waals surface area contributed by atoms with Crippen LogP contribution in [0.1, 0.15) is 0 Å². The van der Waals surface area contributed by atoms with Crippen LogP contribution >= 0.6 is 0 Å². The SMILES string of the molecule is c1ccc(-c2ccc(N(c3ccc(-c4ccccc4)cc3)c3ccc(-c4cccc5oc6ccc7c(-c8ccccc8)cccc7c6c45)cc3)cc2)cc1. The summed E-state index contributed by atoms with van der Waals surface area (Å²) in [6, 6.07) is 75.7. The quantitative estimate of drug-likeness (QED) is 0.166. The molecule has 0 unspecified atom stereocenters. The van der Waals surface area contributed by atoms with E-state index >= 15 is 0 Å². The number of rotatable bonds is 7. The molecular formula is C52H35NO. The van der Waals surface area contributed by atoms with Crippen LogP contribution in [0.3, 0.4) is 0 Å². The lowest BCUT2D eigenvalue weighted by molar-refractivity contribution is 0.669. The first-order chi connectivity index (χ1) is 26.8. The van der Waals surface area contributed by atoms with Crippen LogP contribution in [0.15, 0.2) is 217 Å². The Balaban J connectivity index is 1.08. The van der Waals surface area contributed by atoms with Crippen LogP contribution in [0, 0.1) is 0 Å². The summed E-state index contributed by atoms with van der Waals surface area (Å²) in [6.45, 7) is 0. The zero-order valence-electron chi connectivity index (χ0n) is 29.6. The molecule has 0 N–H and O–H groups in total. The van der Waals surface area contributed by atoms with Crippen LogP contribution in [-0.4, -0.2) is 0 Å². The van der Waals surface area contributed by atoms with Gasteiger partial charge in [-0.05, 0) is 104 Å². The van der Waals surface area contributed by atoms with Gasteiger partial charge >= 0.3 is 0 Å². The Bertz CT molecular complexity index is 2790. The standard InChI is InChI=1S/C52H35NO/c1-4-12-36(13-5-1)38-22-28-42(29-23-38)53(43-30-24-39(25-31-43)37-14-6-2-7-15-37)44-32-26-41(27-33-44)46-19-11-21-49-51(46)52-48-20-10-18-45(40-16-8-3-9-17-40)47(48)34-35-50(52)54-49/h1-35H. The van der Waals surface area contributed by atoms with Crippen molar-refractivity contribution in [3.8, 4) is 44.5 Å². The van der Waals surface area contributed by atoms with Gasteiger partial charge in [-0.15, -0.1) is 0 Å². The van der Waals surface area contributed by atoms with Crippen LogP contribution in [0.25, 0.3) is 77.2 Å². The van der Waals surface area contributed by atoms with Gasteiger partial charge in [0.15, 0.2) is 0 Å². The molecule has 0 radical (unpaired) electrons. The van der Waals surface area contributed by atoms with E-state index in [0.717, 1.165) is 50.1 Å². The third kappa shape index (κ3) is 5.62. The molecule has 0 aliphatic carbocycles. The lowest BCUT2D eigenvalue weighted by Gasteiger charge is -2.26. The van der Waals surface area contributed by atoms with Gasteiger partial charge < -0.3 is 9.32 Å². The fourth-order valence-corrected chi connectivity index (χ4v) is 7.89. The molecule has 0 atom stereocenters. The van der Waals surface area contributed by atoms with Crippen molar-refractivity contribution >= 4 is 49.8 Å². The lowest BCUT2D eigenvalue weighted by Crippen LogP contribution is -2.09. The van der Waals surface area contributed by atoms with Crippen molar-refractivity contribution in [3.63, 3.8) is 0 Å². The molecule has 0 bridgehead atoms. The Morgan fingerprint density at radius 1 is 0.259 bits per heavy atom. The summed E-state index contributed by atoms with van der Waals surface area (Å²) in [4.78, 5) is 2.33. The second-order valence-electron chi connectivity index (χ2n) is 13.7. The maximum Gasteiger partial charge on any atom is 0.136 e. The van der Waals surface area contributed by atoms with E-state index in [-0.39, 0.29) is 0 Å². The smallest absolute Gasteiger partial charge is 0.136 e. The van der Waals surface area contributed by atoms with Gasteiger partial charge in [0.05, 0.1) is 0 Å². The predicted molar refractivity (Wildman–Crippen MR) is 228 cm³/mol. The number of benzene rings is 9. The molecule has 0 amide bonds. The summed E-state index contributed by atoms with van der Waals surface area (Å²) in [6.07, 6.45) is 0. The van der Waals surface area contributed by atoms with E-state index in [1.807, 2.05) is 0 Å². The summed E-state index contributed by atoms with van der Waals surface area (Å²) < 4.78 is 6.52. The van der Waals surface area contributed by atoms with E-state index in [2.05, 4.69) is 217 Å². The van der Waals surface area contributed by atoms with Gasteiger partial charge in [0, 0.05) is 27.8 Å². The second-order valence-corrected chi connectivity index (χ2v) is 13.7. The third-order valence-electron chi connectivity index (χ3n) is 10.5. The number of furan rings is 1. The zero-order valence-corrected chi connectivity index (χ0v) is 29.6. The largest absolute Gasteiger partial charge is 0.456 e. The third-order valence-corrected chi connectivity index (χ3v) is 10.5. The Hall–Kier alpha value is -7.16. The van der Waals surface area contributed by atoms with Crippen LogP contribution in [-0.2, 0) is 0 Å². The molecule has 0 aliphatic rings. The Morgan fingerprint density at radius 3 is 1.24 bits per heavy atom. The molecular weight excluding hydrogens is 655 g/mol. The molecule has 54 heavy (non-hydrogen) atoms. The predicted octanol–water partition coefficient (Wildman–Crippen LogP) is 14.9. The molecule has 1 aromatic heterocycles. The molecule has 0 saturated heterocycles. The Labute approximate surface area is 314 Å². The van der Waals surface area contributed by atoms with Gasteiger partial charge in [0.25, 0.3) is 0 Å². The minimum Gasteiger partial charge on any atom is -0.456 e. The van der Waals surface area contributed by atoms with Gasteiger partial charge in [0.2, 0.25) is 0 Å². The van der Waals surface area contributed by atoms with E-state index in [0.29, 0.717) is 0 Å². The normalized spacial score (nSPS) is 11.3. The minimum atomic E-state index is 0.892. The molecule has 0 saturated carbocycles. The van der Waals surface area contributed by atoms with E-state index < -0.39 is 0 Å². The van der Waals surface area contributed by atoms with Crippen molar-refractivity contribution in [2.45, 2.75) is 0 Å². The minimum absolute atomic E-state index is 0.892. The maximum absolute atomic E-state index is 6.52. The zero-order chi connectivity index (χ0) is 35.8. The van der Waals surface area contributed by atoms with E-state index in [4.69, 9.17) is 4.42 Å². The van der Waals surface area contributed by atoms with Crippen molar-refractivity contribution in [2.24, 2.45) is 0 Å². The van der Waals surface area contributed by atoms with Crippen LogP contribution in [0.5, 0.6) is 0 Å².